The van der Waals surface area contributed by atoms with Gasteiger partial charge in [0, 0.05) is 33.4 Å². The molecule has 1 aromatic rings. The Hall–Kier alpha value is -1.95. The third-order valence-corrected chi connectivity index (χ3v) is 2.74. The van der Waals surface area contributed by atoms with E-state index in [1.54, 1.807) is 37.3 Å². The first kappa shape index (κ1) is 17.1. The quantitative estimate of drug-likeness (QED) is 0.547. The molecule has 0 saturated heterocycles. The van der Waals surface area contributed by atoms with Gasteiger partial charge in [-0.2, -0.15) is 8.78 Å². The molecule has 0 spiro atoms. The Morgan fingerprint density at radius 3 is 2.57 bits per heavy atom. The number of methoxy groups -OCH3 is 1. The Morgan fingerprint density at radius 1 is 1.33 bits per heavy atom. The molecule has 1 rings (SSSR count). The second-order valence-corrected chi connectivity index (χ2v) is 4.39. The average molecular weight is 299 g/mol. The first-order chi connectivity index (χ1) is 10.0. The van der Waals surface area contributed by atoms with E-state index in [1.807, 2.05) is 0 Å². The van der Waals surface area contributed by atoms with E-state index in [4.69, 9.17) is 4.74 Å². The summed E-state index contributed by atoms with van der Waals surface area (Å²) in [6.45, 7) is -1.63. The normalized spacial score (nSPS) is 11.1. The highest BCUT2D eigenvalue weighted by Crippen LogP contribution is 2.15. The van der Waals surface area contributed by atoms with Crippen molar-refractivity contribution in [3.63, 3.8) is 0 Å². The molecule has 0 aliphatic heterocycles. The zero-order valence-electron chi connectivity index (χ0n) is 12.1. The van der Waals surface area contributed by atoms with Crippen LogP contribution in [0, 0.1) is 0 Å². The average Bonchev–Trinajstić information content (AvgIpc) is 2.45. The van der Waals surface area contributed by atoms with Crippen LogP contribution in [0.15, 0.2) is 30.3 Å². The van der Waals surface area contributed by atoms with Crippen molar-refractivity contribution in [2.45, 2.75) is 13.0 Å². The molecule has 21 heavy (non-hydrogen) atoms. The molecule has 0 bridgehead atoms. The lowest BCUT2D eigenvalue weighted by molar-refractivity contribution is -0.124. The van der Waals surface area contributed by atoms with Crippen molar-refractivity contribution in [2.75, 3.05) is 27.3 Å². The Labute approximate surface area is 123 Å². The number of carbonyl (C=O) groups is 1. The number of amides is 1. The summed E-state index contributed by atoms with van der Waals surface area (Å²) in [6.07, 6.45) is 3.84. The highest BCUT2D eigenvalue weighted by Gasteiger charge is 2.05. The summed E-state index contributed by atoms with van der Waals surface area (Å²) in [5.74, 6) is -0.0378. The monoisotopic (exact) mass is 299 g/mol. The molecule has 0 unspecified atom stereocenters. The van der Waals surface area contributed by atoms with E-state index in [-0.39, 0.29) is 11.7 Å². The smallest absolute Gasteiger partial charge is 0.387 e. The molecule has 6 heteroatoms. The maximum atomic E-state index is 12.0. The maximum Gasteiger partial charge on any atom is 0.387 e. The highest BCUT2D eigenvalue weighted by atomic mass is 19.3. The lowest BCUT2D eigenvalue weighted by Gasteiger charge is -2.14. The summed E-state index contributed by atoms with van der Waals surface area (Å²) in [4.78, 5) is 13.4. The van der Waals surface area contributed by atoms with Crippen LogP contribution in [0.25, 0.3) is 6.08 Å². The Bertz CT molecular complexity index is 460. The summed E-state index contributed by atoms with van der Waals surface area (Å²) < 4.78 is 33.2. The van der Waals surface area contributed by atoms with Crippen molar-refractivity contribution in [3.8, 4) is 5.75 Å². The molecule has 1 amide bonds. The molecule has 0 radical (unpaired) electrons. The van der Waals surface area contributed by atoms with Gasteiger partial charge in [-0.05, 0) is 30.2 Å². The van der Waals surface area contributed by atoms with Gasteiger partial charge in [-0.15, -0.1) is 0 Å². The van der Waals surface area contributed by atoms with Crippen molar-refractivity contribution >= 4 is 12.0 Å². The first-order valence-corrected chi connectivity index (χ1v) is 6.50. The van der Waals surface area contributed by atoms with Gasteiger partial charge in [0.05, 0.1) is 0 Å². The maximum absolute atomic E-state index is 12.0. The Morgan fingerprint density at radius 2 is 2.00 bits per heavy atom. The van der Waals surface area contributed by atoms with Crippen LogP contribution < -0.4 is 4.74 Å². The minimum Gasteiger partial charge on any atom is -0.435 e. The number of nitrogens with zero attached hydrogens (tertiary/aromatic N) is 1. The van der Waals surface area contributed by atoms with Crippen molar-refractivity contribution in [1.82, 2.24) is 4.90 Å². The number of carbonyl (C=O) groups excluding carboxylic acids is 1. The number of halogens is 2. The van der Waals surface area contributed by atoms with Gasteiger partial charge in [-0.25, -0.2) is 0 Å². The van der Waals surface area contributed by atoms with Crippen molar-refractivity contribution in [1.29, 1.82) is 0 Å². The predicted octanol–water partition coefficient (Wildman–Crippen LogP) is 2.80. The molecule has 0 fully saturated rings. The van der Waals surface area contributed by atoms with Crippen LogP contribution in [0.2, 0.25) is 0 Å². The number of rotatable bonds is 8. The third-order valence-electron chi connectivity index (χ3n) is 2.74. The highest BCUT2D eigenvalue weighted by molar-refractivity contribution is 5.91. The fourth-order valence-corrected chi connectivity index (χ4v) is 1.61. The van der Waals surface area contributed by atoms with Crippen LogP contribution in [0.3, 0.4) is 0 Å². The van der Waals surface area contributed by atoms with Crippen LogP contribution in [0.5, 0.6) is 5.75 Å². The van der Waals surface area contributed by atoms with Crippen LogP contribution in [0.1, 0.15) is 12.0 Å². The van der Waals surface area contributed by atoms with E-state index >= 15 is 0 Å². The van der Waals surface area contributed by atoms with Gasteiger partial charge >= 0.3 is 6.61 Å². The molecule has 0 aliphatic rings. The molecule has 0 aliphatic carbocycles. The zero-order valence-corrected chi connectivity index (χ0v) is 12.1. The topological polar surface area (TPSA) is 38.8 Å². The number of hydrogen-bond donors (Lipinski definition) is 0. The van der Waals surface area contributed by atoms with Gasteiger partial charge in [-0.1, -0.05) is 12.1 Å². The summed E-state index contributed by atoms with van der Waals surface area (Å²) in [5.41, 5.74) is 0.732. The lowest BCUT2D eigenvalue weighted by Crippen LogP contribution is -2.26. The minimum absolute atomic E-state index is 0.0881. The van der Waals surface area contributed by atoms with Gasteiger partial charge in [0.25, 0.3) is 0 Å². The van der Waals surface area contributed by atoms with Crippen LogP contribution in [0.4, 0.5) is 8.78 Å². The number of benzene rings is 1. The van der Waals surface area contributed by atoms with Crippen LogP contribution in [-0.4, -0.2) is 44.7 Å². The Kier molecular flexibility index (Phi) is 7.39. The molecule has 4 nitrogen and oxygen atoms in total. The molecule has 116 valence electrons. The minimum atomic E-state index is -2.84. The largest absolute Gasteiger partial charge is 0.435 e. The number of ether oxygens (including phenoxy) is 2. The molecule has 0 heterocycles. The molecule has 0 atom stereocenters. The van der Waals surface area contributed by atoms with E-state index in [0.29, 0.717) is 13.2 Å². The fraction of sp³-hybridized carbons (Fsp3) is 0.400. The standard InChI is InChI=1S/C15H19F2NO3/c1-18(10-3-11-20-2)14(19)9-6-12-4-7-13(8-5-12)21-15(16)17/h4-9,15H,3,10-11H2,1-2H3/b9-6+. The van der Waals surface area contributed by atoms with Gasteiger partial charge < -0.3 is 14.4 Å². The second-order valence-electron chi connectivity index (χ2n) is 4.39. The van der Waals surface area contributed by atoms with Crippen LogP contribution in [-0.2, 0) is 9.53 Å². The molecular formula is C15H19F2NO3. The number of hydrogen-bond acceptors (Lipinski definition) is 3. The van der Waals surface area contributed by atoms with Crippen molar-refractivity contribution < 1.29 is 23.0 Å². The third kappa shape index (κ3) is 6.85. The lowest BCUT2D eigenvalue weighted by atomic mass is 10.2. The fourth-order valence-electron chi connectivity index (χ4n) is 1.61. The van der Waals surface area contributed by atoms with E-state index in [2.05, 4.69) is 4.74 Å². The van der Waals surface area contributed by atoms with E-state index in [1.165, 1.54) is 18.2 Å². The van der Waals surface area contributed by atoms with Gasteiger partial charge in [0.1, 0.15) is 5.75 Å². The number of likely N-dealkylation sites (N-methyl/N-ethyl adjacent to an activating group) is 1. The zero-order chi connectivity index (χ0) is 15.7. The summed E-state index contributed by atoms with van der Waals surface area (Å²) in [6, 6.07) is 6.07. The molecular weight excluding hydrogens is 280 g/mol. The van der Waals surface area contributed by atoms with Crippen LogP contribution >= 0.6 is 0 Å². The van der Waals surface area contributed by atoms with E-state index in [9.17, 15) is 13.6 Å². The molecule has 0 aromatic heterocycles. The molecule has 1 aromatic carbocycles. The van der Waals surface area contributed by atoms with Gasteiger partial charge in [0.15, 0.2) is 0 Å². The van der Waals surface area contributed by atoms with Crippen molar-refractivity contribution in [3.05, 3.63) is 35.9 Å². The van der Waals surface area contributed by atoms with Gasteiger partial charge in [0.2, 0.25) is 5.91 Å². The SMILES string of the molecule is COCCCN(C)C(=O)/C=C/c1ccc(OC(F)F)cc1. The van der Waals surface area contributed by atoms with Gasteiger partial charge in [-0.3, -0.25) is 4.79 Å². The summed E-state index contributed by atoms with van der Waals surface area (Å²) in [5, 5.41) is 0. The molecule has 0 saturated carbocycles. The summed E-state index contributed by atoms with van der Waals surface area (Å²) in [7, 11) is 3.32. The molecule has 0 N–H and O–H groups in total. The first-order valence-electron chi connectivity index (χ1n) is 6.50. The second kappa shape index (κ2) is 9.07. The van der Waals surface area contributed by atoms with Crippen molar-refractivity contribution in [2.24, 2.45) is 0 Å². The van der Waals surface area contributed by atoms with E-state index < -0.39 is 6.61 Å². The Balaban J connectivity index is 2.49. The van der Waals surface area contributed by atoms with E-state index in [0.717, 1.165) is 12.0 Å². The summed E-state index contributed by atoms with van der Waals surface area (Å²) >= 11 is 0. The predicted molar refractivity (Wildman–Crippen MR) is 76.2 cm³/mol. The number of alkyl halides is 2.